The zero-order valence-corrected chi connectivity index (χ0v) is 22.0. The largest absolute Gasteiger partial charge is 0.387 e. The number of rotatable bonds is 4. The lowest BCUT2D eigenvalue weighted by Gasteiger charge is -2.47. The smallest absolute Gasteiger partial charge is 0.279 e. The first-order valence-electron chi connectivity index (χ1n) is 12.1. The maximum absolute atomic E-state index is 14.1. The number of aromatic nitrogens is 3. The molecule has 5 rings (SSSR count). The van der Waals surface area contributed by atoms with Crippen LogP contribution >= 0.6 is 11.6 Å². The number of aliphatic hydroxyl groups is 1. The SMILES string of the molecule is CC(=NC(=O)[C@@H]1O[C@@H]2CO[C@H](c3ccccc3)O[C@@H]2[C@H](n2cc(-c3cc(F)c(Cl)c(F)c3)nn2)[C@H]1O)N(C)C. The van der Waals surface area contributed by atoms with Gasteiger partial charge in [-0.2, -0.15) is 4.99 Å². The minimum atomic E-state index is -1.46. The molecule has 0 saturated carbocycles. The van der Waals surface area contributed by atoms with Crippen LogP contribution in [0.1, 0.15) is 24.8 Å². The number of benzene rings is 2. The standard InChI is InChI=1S/C26H26ClF2N5O5/c1-13(33(2)3)30-25(36)24-22(35)21(23-19(38-24)12-37-26(39-23)14-7-5-4-6-8-14)34-11-18(31-32-34)15-9-16(28)20(27)17(29)10-15/h4-11,19,21-24,26,35H,12H2,1-3H3/t19-,21-,22-,23+,24-,26+/m1/s1. The third kappa shape index (κ3) is 5.43. The summed E-state index contributed by atoms with van der Waals surface area (Å²) >= 11 is 5.61. The first kappa shape index (κ1) is 27.3. The van der Waals surface area contributed by atoms with E-state index in [9.17, 15) is 18.7 Å². The Bertz CT molecular complexity index is 1370. The van der Waals surface area contributed by atoms with Crippen LogP contribution in [0.3, 0.4) is 0 Å². The van der Waals surface area contributed by atoms with E-state index in [0.717, 1.165) is 17.7 Å². The molecule has 1 amide bonds. The number of ether oxygens (including phenoxy) is 3. The molecule has 3 heterocycles. The summed E-state index contributed by atoms with van der Waals surface area (Å²) in [5, 5.41) is 19.0. The summed E-state index contributed by atoms with van der Waals surface area (Å²) in [4.78, 5) is 18.8. The van der Waals surface area contributed by atoms with Crippen LogP contribution < -0.4 is 0 Å². The van der Waals surface area contributed by atoms with E-state index in [4.69, 9.17) is 25.8 Å². The number of fused-ring (bicyclic) bond motifs is 1. The van der Waals surface area contributed by atoms with Crippen LogP contribution in [0, 0.1) is 11.6 Å². The van der Waals surface area contributed by atoms with E-state index < -0.39 is 59.3 Å². The molecule has 0 unspecified atom stereocenters. The van der Waals surface area contributed by atoms with E-state index in [1.165, 1.54) is 10.9 Å². The maximum Gasteiger partial charge on any atom is 0.279 e. The summed E-state index contributed by atoms with van der Waals surface area (Å²) < 4.78 is 47.6. The van der Waals surface area contributed by atoms with E-state index in [-0.39, 0.29) is 17.9 Å². The Morgan fingerprint density at radius 2 is 1.87 bits per heavy atom. The molecule has 2 fully saturated rings. The van der Waals surface area contributed by atoms with Gasteiger partial charge < -0.3 is 24.2 Å². The molecule has 0 aliphatic carbocycles. The van der Waals surface area contributed by atoms with Gasteiger partial charge >= 0.3 is 0 Å². The lowest BCUT2D eigenvalue weighted by atomic mass is 9.91. The minimum absolute atomic E-state index is 0.0583. The molecule has 1 aromatic heterocycles. The van der Waals surface area contributed by atoms with Gasteiger partial charge in [-0.3, -0.25) is 4.79 Å². The van der Waals surface area contributed by atoms with Crippen LogP contribution in [0.4, 0.5) is 8.78 Å². The van der Waals surface area contributed by atoms with Gasteiger partial charge in [0.25, 0.3) is 5.91 Å². The highest BCUT2D eigenvalue weighted by atomic mass is 35.5. The van der Waals surface area contributed by atoms with Gasteiger partial charge in [-0.1, -0.05) is 47.1 Å². The number of hydrogen-bond acceptors (Lipinski definition) is 7. The third-order valence-corrected chi connectivity index (χ3v) is 7.07. The maximum atomic E-state index is 14.1. The van der Waals surface area contributed by atoms with Gasteiger partial charge in [0, 0.05) is 25.2 Å². The molecule has 0 radical (unpaired) electrons. The average molecular weight is 562 g/mol. The van der Waals surface area contributed by atoms with Gasteiger partial charge in [0.15, 0.2) is 12.4 Å². The van der Waals surface area contributed by atoms with Crippen molar-refractivity contribution in [2.45, 2.75) is 43.7 Å². The molecule has 0 bridgehead atoms. The Balaban J connectivity index is 1.51. The van der Waals surface area contributed by atoms with Crippen molar-refractivity contribution in [3.05, 3.63) is 70.9 Å². The molecule has 2 aromatic carbocycles. The Morgan fingerprint density at radius 3 is 2.54 bits per heavy atom. The normalized spacial score (nSPS) is 27.2. The van der Waals surface area contributed by atoms with E-state index >= 15 is 0 Å². The van der Waals surface area contributed by atoms with Crippen LogP contribution in [0.2, 0.25) is 5.02 Å². The summed E-state index contributed by atoms with van der Waals surface area (Å²) in [5.74, 6) is -2.18. The number of halogens is 3. The van der Waals surface area contributed by atoms with Crippen molar-refractivity contribution in [3.8, 4) is 11.3 Å². The number of aliphatic hydroxyl groups excluding tert-OH is 1. The molecule has 1 N–H and O–H groups in total. The fourth-order valence-electron chi connectivity index (χ4n) is 4.48. The lowest BCUT2D eigenvalue weighted by molar-refractivity contribution is -0.312. The molecular formula is C26H26ClF2N5O5. The summed E-state index contributed by atoms with van der Waals surface area (Å²) in [6.45, 7) is 1.71. The predicted octanol–water partition coefficient (Wildman–Crippen LogP) is 3.17. The molecule has 10 nitrogen and oxygen atoms in total. The molecule has 206 valence electrons. The number of nitrogens with zero attached hydrogens (tertiary/aromatic N) is 5. The Labute approximate surface area is 227 Å². The Hall–Kier alpha value is -3.29. The molecule has 2 aliphatic heterocycles. The van der Waals surface area contributed by atoms with Gasteiger partial charge in [0.1, 0.15) is 52.5 Å². The first-order valence-corrected chi connectivity index (χ1v) is 12.5. The first-order chi connectivity index (χ1) is 18.6. The fraction of sp³-hybridized carbons (Fsp3) is 0.385. The molecular weight excluding hydrogens is 536 g/mol. The summed E-state index contributed by atoms with van der Waals surface area (Å²) in [6, 6.07) is 10.3. The second kappa shape index (κ2) is 11.1. The minimum Gasteiger partial charge on any atom is -0.387 e. The topological polar surface area (TPSA) is 111 Å². The van der Waals surface area contributed by atoms with Crippen molar-refractivity contribution < 1.29 is 32.9 Å². The molecule has 0 spiro atoms. The molecule has 6 atom stereocenters. The van der Waals surface area contributed by atoms with Crippen molar-refractivity contribution in [1.82, 2.24) is 19.9 Å². The highest BCUT2D eigenvalue weighted by molar-refractivity contribution is 6.31. The highest BCUT2D eigenvalue weighted by Gasteiger charge is 2.53. The molecule has 2 saturated heterocycles. The zero-order chi connectivity index (χ0) is 27.8. The highest BCUT2D eigenvalue weighted by Crippen LogP contribution is 2.40. The second-order valence-electron chi connectivity index (χ2n) is 9.48. The van der Waals surface area contributed by atoms with Gasteiger partial charge in [0.05, 0.1) is 12.8 Å². The predicted molar refractivity (Wildman–Crippen MR) is 136 cm³/mol. The van der Waals surface area contributed by atoms with Gasteiger partial charge in [0.2, 0.25) is 0 Å². The number of aliphatic imine (C=N–C) groups is 1. The molecule has 3 aromatic rings. The van der Waals surface area contributed by atoms with Crippen LogP contribution in [-0.2, 0) is 19.0 Å². The molecule has 13 heteroatoms. The Kier molecular flexibility index (Phi) is 7.74. The van der Waals surface area contributed by atoms with Gasteiger partial charge in [-0.05, 0) is 19.1 Å². The van der Waals surface area contributed by atoms with Crippen molar-refractivity contribution >= 4 is 23.3 Å². The summed E-state index contributed by atoms with van der Waals surface area (Å²) in [6.07, 6.45) is -3.76. The van der Waals surface area contributed by atoms with Crippen molar-refractivity contribution in [1.29, 1.82) is 0 Å². The number of carbonyl (C=O) groups excluding carboxylic acids is 1. The molecule has 39 heavy (non-hydrogen) atoms. The lowest BCUT2D eigenvalue weighted by Crippen LogP contribution is -2.61. The van der Waals surface area contributed by atoms with E-state index in [0.29, 0.717) is 5.84 Å². The van der Waals surface area contributed by atoms with Crippen LogP contribution in [-0.4, -0.2) is 81.9 Å². The fourth-order valence-corrected chi connectivity index (χ4v) is 4.59. The average Bonchev–Trinajstić information content (AvgIpc) is 3.41. The quantitative estimate of drug-likeness (QED) is 0.294. The van der Waals surface area contributed by atoms with E-state index in [1.54, 1.807) is 25.9 Å². The molecule has 2 aliphatic rings. The van der Waals surface area contributed by atoms with Crippen molar-refractivity contribution in [2.24, 2.45) is 4.99 Å². The summed E-state index contributed by atoms with van der Waals surface area (Å²) in [7, 11) is 3.46. The van der Waals surface area contributed by atoms with Crippen LogP contribution in [0.5, 0.6) is 0 Å². The Morgan fingerprint density at radius 1 is 1.18 bits per heavy atom. The number of amides is 1. The number of amidine groups is 1. The van der Waals surface area contributed by atoms with Crippen LogP contribution in [0.15, 0.2) is 53.7 Å². The van der Waals surface area contributed by atoms with Crippen molar-refractivity contribution in [2.75, 3.05) is 20.7 Å². The van der Waals surface area contributed by atoms with E-state index in [2.05, 4.69) is 15.3 Å². The van der Waals surface area contributed by atoms with E-state index in [1.807, 2.05) is 30.3 Å². The van der Waals surface area contributed by atoms with Crippen LogP contribution in [0.25, 0.3) is 11.3 Å². The number of carbonyl (C=O) groups is 1. The zero-order valence-electron chi connectivity index (χ0n) is 21.2. The van der Waals surface area contributed by atoms with Gasteiger partial charge in [-0.25, -0.2) is 13.5 Å². The second-order valence-corrected chi connectivity index (χ2v) is 9.86. The summed E-state index contributed by atoms with van der Waals surface area (Å²) in [5.41, 5.74) is 0.961. The third-order valence-electron chi connectivity index (χ3n) is 6.71. The monoisotopic (exact) mass is 561 g/mol. The van der Waals surface area contributed by atoms with Crippen molar-refractivity contribution in [3.63, 3.8) is 0 Å². The van der Waals surface area contributed by atoms with Gasteiger partial charge in [-0.15, -0.1) is 5.10 Å². The number of hydrogen-bond donors (Lipinski definition) is 1.